The number of ether oxygens (including phenoxy) is 1. The molecule has 1 saturated carbocycles. The smallest absolute Gasteiger partial charge is 0.293 e. The summed E-state index contributed by atoms with van der Waals surface area (Å²) >= 11 is 0. The number of nitriles is 1. The van der Waals surface area contributed by atoms with Crippen molar-refractivity contribution in [3.05, 3.63) is 33.9 Å². The summed E-state index contributed by atoms with van der Waals surface area (Å²) in [6.45, 7) is 2.64. The zero-order valence-electron chi connectivity index (χ0n) is 10.6. The van der Waals surface area contributed by atoms with Crippen LogP contribution in [-0.2, 0) is 4.74 Å². The number of benzene rings is 1. The molecule has 1 aromatic carbocycles. The molecule has 0 saturated heterocycles. The maximum absolute atomic E-state index is 11.0. The Kier molecular flexibility index (Phi) is 3.97. The van der Waals surface area contributed by atoms with Gasteiger partial charge in [-0.2, -0.15) is 5.26 Å². The summed E-state index contributed by atoms with van der Waals surface area (Å²) in [6, 6.07) is 6.56. The van der Waals surface area contributed by atoms with Gasteiger partial charge in [-0.15, -0.1) is 0 Å². The van der Waals surface area contributed by atoms with Crippen LogP contribution in [0.4, 0.5) is 11.4 Å². The first-order chi connectivity index (χ1) is 9.13. The first kappa shape index (κ1) is 13.3. The van der Waals surface area contributed by atoms with Crippen molar-refractivity contribution in [2.45, 2.75) is 31.9 Å². The van der Waals surface area contributed by atoms with E-state index in [4.69, 9.17) is 10.00 Å². The second-order valence-electron chi connectivity index (χ2n) is 4.49. The van der Waals surface area contributed by atoms with Crippen LogP contribution in [-0.4, -0.2) is 23.7 Å². The minimum absolute atomic E-state index is 0.0566. The normalized spacial score (nSPS) is 21.3. The molecule has 2 rings (SSSR count). The van der Waals surface area contributed by atoms with Crippen LogP contribution in [0.5, 0.6) is 0 Å². The molecular weight excluding hydrogens is 246 g/mol. The third kappa shape index (κ3) is 3.01. The average molecular weight is 261 g/mol. The number of rotatable bonds is 5. The van der Waals surface area contributed by atoms with Gasteiger partial charge >= 0.3 is 0 Å². The fourth-order valence-corrected chi connectivity index (χ4v) is 2.15. The average Bonchev–Trinajstić information content (AvgIpc) is 2.36. The highest BCUT2D eigenvalue weighted by molar-refractivity contribution is 5.64. The van der Waals surface area contributed by atoms with Gasteiger partial charge in [-0.1, -0.05) is 0 Å². The van der Waals surface area contributed by atoms with E-state index in [0.29, 0.717) is 12.3 Å². The van der Waals surface area contributed by atoms with Gasteiger partial charge in [0.1, 0.15) is 5.69 Å². The quantitative estimate of drug-likeness (QED) is 0.649. The summed E-state index contributed by atoms with van der Waals surface area (Å²) in [5, 5.41) is 22.9. The number of hydrogen-bond acceptors (Lipinski definition) is 5. The van der Waals surface area contributed by atoms with Gasteiger partial charge in [0.15, 0.2) is 0 Å². The van der Waals surface area contributed by atoms with Gasteiger partial charge in [0, 0.05) is 18.7 Å². The van der Waals surface area contributed by atoms with E-state index in [1.807, 2.05) is 13.0 Å². The largest absolute Gasteiger partial charge is 0.378 e. The fraction of sp³-hybridized carbons (Fsp3) is 0.462. The van der Waals surface area contributed by atoms with Crippen molar-refractivity contribution in [1.29, 1.82) is 5.26 Å². The van der Waals surface area contributed by atoms with Crippen molar-refractivity contribution >= 4 is 11.4 Å². The third-order valence-electron chi connectivity index (χ3n) is 3.18. The standard InChI is InChI=1S/C13H15N3O3/c1-2-19-11-6-10(7-11)15-12-4-3-9(8-14)5-13(12)16(17)18/h3-5,10-11,15H,2,6-7H2,1H3. The van der Waals surface area contributed by atoms with Crippen LogP contribution in [0.25, 0.3) is 0 Å². The van der Waals surface area contributed by atoms with E-state index in [-0.39, 0.29) is 23.4 Å². The number of nitro benzene ring substituents is 1. The third-order valence-corrected chi connectivity index (χ3v) is 3.18. The molecule has 19 heavy (non-hydrogen) atoms. The van der Waals surface area contributed by atoms with Crippen LogP contribution in [0.2, 0.25) is 0 Å². The number of anilines is 1. The highest BCUT2D eigenvalue weighted by Crippen LogP contribution is 2.31. The van der Waals surface area contributed by atoms with Crippen molar-refractivity contribution in [1.82, 2.24) is 0 Å². The Bertz CT molecular complexity index is 518. The molecule has 0 heterocycles. The van der Waals surface area contributed by atoms with Gasteiger partial charge in [0.25, 0.3) is 5.69 Å². The van der Waals surface area contributed by atoms with Crippen LogP contribution < -0.4 is 5.32 Å². The first-order valence-corrected chi connectivity index (χ1v) is 6.20. The van der Waals surface area contributed by atoms with E-state index >= 15 is 0 Å². The molecular formula is C13H15N3O3. The second-order valence-corrected chi connectivity index (χ2v) is 4.49. The molecule has 0 spiro atoms. The molecule has 6 heteroatoms. The summed E-state index contributed by atoms with van der Waals surface area (Å²) in [4.78, 5) is 10.5. The Labute approximate surface area is 111 Å². The summed E-state index contributed by atoms with van der Waals surface area (Å²) in [6.07, 6.45) is 1.95. The second kappa shape index (κ2) is 5.67. The van der Waals surface area contributed by atoms with Crippen LogP contribution in [0.3, 0.4) is 0 Å². The van der Waals surface area contributed by atoms with Gasteiger partial charge in [-0.25, -0.2) is 0 Å². The number of nitrogens with one attached hydrogen (secondary N) is 1. The molecule has 1 aromatic rings. The van der Waals surface area contributed by atoms with Crippen LogP contribution in [0.1, 0.15) is 25.3 Å². The Hall–Kier alpha value is -2.13. The molecule has 0 aromatic heterocycles. The molecule has 0 bridgehead atoms. The monoisotopic (exact) mass is 261 g/mol. The highest BCUT2D eigenvalue weighted by atomic mass is 16.6. The minimum atomic E-state index is -0.470. The van der Waals surface area contributed by atoms with Crippen molar-refractivity contribution in [3.8, 4) is 6.07 Å². The summed E-state index contributed by atoms with van der Waals surface area (Å²) < 4.78 is 5.44. The van der Waals surface area contributed by atoms with E-state index in [9.17, 15) is 10.1 Å². The molecule has 1 N–H and O–H groups in total. The van der Waals surface area contributed by atoms with E-state index in [2.05, 4.69) is 5.32 Å². The Balaban J connectivity index is 2.05. The molecule has 0 unspecified atom stereocenters. The zero-order valence-corrected chi connectivity index (χ0v) is 10.6. The lowest BCUT2D eigenvalue weighted by Gasteiger charge is -2.35. The van der Waals surface area contributed by atoms with E-state index in [1.54, 1.807) is 12.1 Å². The van der Waals surface area contributed by atoms with Crippen molar-refractivity contribution in [3.63, 3.8) is 0 Å². The van der Waals surface area contributed by atoms with Gasteiger partial charge in [0.2, 0.25) is 0 Å². The number of hydrogen-bond donors (Lipinski definition) is 1. The topological polar surface area (TPSA) is 88.2 Å². The summed E-state index contributed by atoms with van der Waals surface area (Å²) in [7, 11) is 0. The van der Waals surface area contributed by atoms with Crippen molar-refractivity contribution in [2.75, 3.05) is 11.9 Å². The maximum atomic E-state index is 11.0. The van der Waals surface area contributed by atoms with Crippen molar-refractivity contribution in [2.24, 2.45) is 0 Å². The zero-order chi connectivity index (χ0) is 13.8. The predicted octanol–water partition coefficient (Wildman–Crippen LogP) is 2.45. The van der Waals surface area contributed by atoms with Crippen LogP contribution in [0.15, 0.2) is 18.2 Å². The van der Waals surface area contributed by atoms with Crippen LogP contribution >= 0.6 is 0 Å². The summed E-state index contributed by atoms with van der Waals surface area (Å²) in [5.74, 6) is 0. The SMILES string of the molecule is CCOC1CC(Nc2ccc(C#N)cc2[N+](=O)[O-])C1. The Morgan fingerprint density at radius 2 is 2.32 bits per heavy atom. The Morgan fingerprint density at radius 1 is 1.58 bits per heavy atom. The fourth-order valence-electron chi connectivity index (χ4n) is 2.15. The lowest BCUT2D eigenvalue weighted by molar-refractivity contribution is -0.384. The Morgan fingerprint density at radius 3 is 2.89 bits per heavy atom. The van der Waals surface area contributed by atoms with Gasteiger partial charge in [-0.05, 0) is 31.9 Å². The molecule has 100 valence electrons. The molecule has 1 aliphatic rings. The first-order valence-electron chi connectivity index (χ1n) is 6.20. The molecule has 0 radical (unpaired) electrons. The van der Waals surface area contributed by atoms with Crippen LogP contribution in [0, 0.1) is 21.4 Å². The summed E-state index contributed by atoms with van der Waals surface area (Å²) in [5.41, 5.74) is 0.695. The highest BCUT2D eigenvalue weighted by Gasteiger charge is 2.30. The number of nitro groups is 1. The predicted molar refractivity (Wildman–Crippen MR) is 69.9 cm³/mol. The molecule has 1 fully saturated rings. The lowest BCUT2D eigenvalue weighted by Crippen LogP contribution is -2.40. The lowest BCUT2D eigenvalue weighted by atomic mass is 9.89. The molecule has 0 aliphatic heterocycles. The minimum Gasteiger partial charge on any atom is -0.378 e. The van der Waals surface area contributed by atoms with E-state index in [1.165, 1.54) is 6.07 Å². The molecule has 0 atom stereocenters. The molecule has 0 amide bonds. The van der Waals surface area contributed by atoms with Gasteiger partial charge in [-0.3, -0.25) is 10.1 Å². The van der Waals surface area contributed by atoms with E-state index in [0.717, 1.165) is 12.8 Å². The van der Waals surface area contributed by atoms with E-state index < -0.39 is 4.92 Å². The van der Waals surface area contributed by atoms with Crippen molar-refractivity contribution < 1.29 is 9.66 Å². The maximum Gasteiger partial charge on any atom is 0.293 e. The molecule has 1 aliphatic carbocycles. The van der Waals surface area contributed by atoms with Gasteiger partial charge < -0.3 is 10.1 Å². The number of nitrogens with zero attached hydrogens (tertiary/aromatic N) is 2. The molecule has 6 nitrogen and oxygen atoms in total. The van der Waals surface area contributed by atoms with Gasteiger partial charge in [0.05, 0.1) is 22.7 Å².